The van der Waals surface area contributed by atoms with Crippen LogP contribution in [0.4, 0.5) is 10.2 Å². The number of thiocarbonyl (C=S) groups is 1. The predicted molar refractivity (Wildman–Crippen MR) is 126 cm³/mol. The maximum absolute atomic E-state index is 13.3. The van der Waals surface area contributed by atoms with Crippen molar-refractivity contribution in [3.8, 4) is 11.4 Å². The summed E-state index contributed by atoms with van der Waals surface area (Å²) in [6.45, 7) is 3.96. The first-order chi connectivity index (χ1) is 15.7. The first-order valence-electron chi connectivity index (χ1n) is 10.5. The van der Waals surface area contributed by atoms with Gasteiger partial charge in [0.25, 0.3) is 0 Å². The highest BCUT2D eigenvalue weighted by atomic mass is 32.1. The van der Waals surface area contributed by atoms with Crippen molar-refractivity contribution in [2.45, 2.75) is 6.54 Å². The number of nitrogens with one attached hydrogen (secondary N) is 1. The van der Waals surface area contributed by atoms with Crippen molar-refractivity contribution in [2.24, 2.45) is 0 Å². The lowest BCUT2D eigenvalue weighted by atomic mass is 10.2. The number of nitrogens with zero attached hydrogens (tertiary/aromatic N) is 6. The lowest BCUT2D eigenvalue weighted by molar-refractivity contribution is 0.378. The van der Waals surface area contributed by atoms with Crippen molar-refractivity contribution in [3.05, 3.63) is 78.1 Å². The van der Waals surface area contributed by atoms with Crippen molar-refractivity contribution < 1.29 is 4.39 Å². The number of fused-ring (bicyclic) bond motifs is 1. The van der Waals surface area contributed by atoms with Gasteiger partial charge in [-0.05, 0) is 54.2 Å². The summed E-state index contributed by atoms with van der Waals surface area (Å²) in [4.78, 5) is 4.42. The average molecular weight is 448 g/mol. The minimum Gasteiger partial charge on any atom is -0.358 e. The number of anilines is 1. The molecule has 2 aromatic heterocycles. The van der Waals surface area contributed by atoms with Crippen molar-refractivity contribution in [2.75, 3.05) is 31.1 Å². The van der Waals surface area contributed by atoms with E-state index in [4.69, 9.17) is 17.3 Å². The third-order valence-corrected chi connectivity index (χ3v) is 5.93. The molecule has 1 aliphatic rings. The summed E-state index contributed by atoms with van der Waals surface area (Å²) < 4.78 is 15.0. The molecule has 0 spiro atoms. The highest BCUT2D eigenvalue weighted by molar-refractivity contribution is 7.80. The third-order valence-electron chi connectivity index (χ3n) is 5.53. The maximum Gasteiger partial charge on any atom is 0.185 e. The minimum atomic E-state index is -0.287. The summed E-state index contributed by atoms with van der Waals surface area (Å²) in [6, 6.07) is 20.3. The SMILES string of the molecule is Fc1ccc(-c2nnc3ccc(N4CCN(C(=S)NCc5ccccc5)CC4)nn23)cc1. The second-order valence-corrected chi connectivity index (χ2v) is 8.00. The molecule has 32 heavy (non-hydrogen) atoms. The number of hydrogen-bond donors (Lipinski definition) is 1. The molecule has 1 aliphatic heterocycles. The Bertz CT molecular complexity index is 1220. The average Bonchev–Trinajstić information content (AvgIpc) is 3.27. The van der Waals surface area contributed by atoms with Gasteiger partial charge in [0, 0.05) is 38.3 Å². The van der Waals surface area contributed by atoms with Gasteiger partial charge >= 0.3 is 0 Å². The summed E-state index contributed by atoms with van der Waals surface area (Å²) in [5.74, 6) is 1.15. The lowest BCUT2D eigenvalue weighted by Gasteiger charge is -2.36. The van der Waals surface area contributed by atoms with E-state index < -0.39 is 0 Å². The standard InChI is InChI=1S/C23H22FN7S/c24-19-8-6-18(7-9-19)22-27-26-20-10-11-21(28-31(20)22)29-12-14-30(15-13-29)23(32)25-16-17-4-2-1-3-5-17/h1-11H,12-16H2,(H,25,32). The van der Waals surface area contributed by atoms with Gasteiger partial charge in [-0.2, -0.15) is 4.52 Å². The van der Waals surface area contributed by atoms with Crippen molar-refractivity contribution in [3.63, 3.8) is 0 Å². The lowest BCUT2D eigenvalue weighted by Crippen LogP contribution is -2.51. The number of aromatic nitrogens is 4. The maximum atomic E-state index is 13.3. The van der Waals surface area contributed by atoms with E-state index in [2.05, 4.69) is 37.4 Å². The fourth-order valence-electron chi connectivity index (χ4n) is 3.75. The molecule has 0 atom stereocenters. The molecule has 1 fully saturated rings. The summed E-state index contributed by atoms with van der Waals surface area (Å²) in [7, 11) is 0. The van der Waals surface area contributed by atoms with E-state index >= 15 is 0 Å². The Morgan fingerprint density at radius 3 is 2.41 bits per heavy atom. The first kappa shape index (κ1) is 20.3. The smallest absolute Gasteiger partial charge is 0.185 e. The Hall–Kier alpha value is -3.59. The topological polar surface area (TPSA) is 61.6 Å². The number of piperazine rings is 1. The zero-order valence-corrected chi connectivity index (χ0v) is 18.2. The molecule has 162 valence electrons. The molecule has 7 nitrogen and oxygen atoms in total. The van der Waals surface area contributed by atoms with Crippen LogP contribution in [-0.2, 0) is 6.54 Å². The molecular weight excluding hydrogens is 425 g/mol. The fraction of sp³-hybridized carbons (Fsp3) is 0.217. The molecule has 0 bridgehead atoms. The number of hydrogen-bond acceptors (Lipinski definition) is 5. The molecule has 0 saturated carbocycles. The van der Waals surface area contributed by atoms with Crippen LogP contribution in [0.2, 0.25) is 0 Å². The minimum absolute atomic E-state index is 0.287. The first-order valence-corrected chi connectivity index (χ1v) is 10.9. The van der Waals surface area contributed by atoms with Crippen LogP contribution in [0.1, 0.15) is 5.56 Å². The van der Waals surface area contributed by atoms with E-state index in [0.29, 0.717) is 11.5 Å². The van der Waals surface area contributed by atoms with Gasteiger partial charge in [0.15, 0.2) is 16.6 Å². The molecule has 0 unspecified atom stereocenters. The Balaban J connectivity index is 1.25. The highest BCUT2D eigenvalue weighted by Gasteiger charge is 2.21. The van der Waals surface area contributed by atoms with Crippen LogP contribution < -0.4 is 10.2 Å². The van der Waals surface area contributed by atoms with Gasteiger partial charge in [-0.15, -0.1) is 15.3 Å². The van der Waals surface area contributed by atoms with E-state index in [1.54, 1.807) is 16.6 Å². The van der Waals surface area contributed by atoms with Gasteiger partial charge in [0.1, 0.15) is 11.6 Å². The fourth-order valence-corrected chi connectivity index (χ4v) is 4.01. The summed E-state index contributed by atoms with van der Waals surface area (Å²) in [5.41, 5.74) is 2.62. The number of rotatable bonds is 4. The van der Waals surface area contributed by atoms with Crippen LogP contribution in [0.15, 0.2) is 66.7 Å². The van der Waals surface area contributed by atoms with Gasteiger partial charge in [0.05, 0.1) is 0 Å². The van der Waals surface area contributed by atoms with Gasteiger partial charge in [0.2, 0.25) is 0 Å². The zero-order valence-electron chi connectivity index (χ0n) is 17.4. The molecule has 1 saturated heterocycles. The molecule has 0 aliphatic carbocycles. The second-order valence-electron chi connectivity index (χ2n) is 7.61. The van der Waals surface area contributed by atoms with Gasteiger partial charge < -0.3 is 15.1 Å². The molecule has 0 amide bonds. The quantitative estimate of drug-likeness (QED) is 0.482. The van der Waals surface area contributed by atoms with Crippen LogP contribution in [0.3, 0.4) is 0 Å². The Labute approximate surface area is 190 Å². The molecule has 5 rings (SSSR count). The molecule has 9 heteroatoms. The van der Waals surface area contributed by atoms with Crippen LogP contribution in [0.25, 0.3) is 17.0 Å². The van der Waals surface area contributed by atoms with E-state index in [-0.39, 0.29) is 5.82 Å². The highest BCUT2D eigenvalue weighted by Crippen LogP contribution is 2.20. The van der Waals surface area contributed by atoms with Crippen molar-refractivity contribution in [1.29, 1.82) is 0 Å². The summed E-state index contributed by atoms with van der Waals surface area (Å²) in [5, 5.41) is 17.3. The Morgan fingerprint density at radius 1 is 0.906 bits per heavy atom. The predicted octanol–water partition coefficient (Wildman–Crippen LogP) is 3.13. The molecular formula is C23H22FN7S. The third kappa shape index (κ3) is 4.24. The van der Waals surface area contributed by atoms with Crippen molar-refractivity contribution >= 4 is 28.8 Å². The van der Waals surface area contributed by atoms with E-state index in [1.165, 1.54) is 17.7 Å². The molecule has 2 aromatic carbocycles. The van der Waals surface area contributed by atoms with Crippen LogP contribution in [0, 0.1) is 5.82 Å². The van der Waals surface area contributed by atoms with Gasteiger partial charge in [-0.25, -0.2) is 4.39 Å². The number of benzene rings is 2. The summed E-state index contributed by atoms with van der Waals surface area (Å²) >= 11 is 5.59. The normalized spacial score (nSPS) is 14.0. The van der Waals surface area contributed by atoms with Gasteiger partial charge in [-0.1, -0.05) is 30.3 Å². The molecule has 1 N–H and O–H groups in total. The van der Waals surface area contributed by atoms with Crippen molar-refractivity contribution in [1.82, 2.24) is 30.0 Å². The van der Waals surface area contributed by atoms with E-state index in [0.717, 1.165) is 49.2 Å². The molecule has 3 heterocycles. The largest absolute Gasteiger partial charge is 0.358 e. The molecule has 0 radical (unpaired) electrons. The Morgan fingerprint density at radius 2 is 1.66 bits per heavy atom. The van der Waals surface area contributed by atoms with E-state index in [1.807, 2.05) is 30.3 Å². The zero-order chi connectivity index (χ0) is 21.9. The van der Waals surface area contributed by atoms with Crippen LogP contribution in [-0.4, -0.2) is 56.0 Å². The second kappa shape index (κ2) is 8.88. The van der Waals surface area contributed by atoms with Gasteiger partial charge in [-0.3, -0.25) is 0 Å². The molecule has 4 aromatic rings. The Kier molecular flexibility index (Phi) is 5.64. The number of halogens is 1. The van der Waals surface area contributed by atoms with Crippen LogP contribution in [0.5, 0.6) is 0 Å². The monoisotopic (exact) mass is 447 g/mol. The van der Waals surface area contributed by atoms with Crippen LogP contribution >= 0.6 is 12.2 Å². The van der Waals surface area contributed by atoms with E-state index in [9.17, 15) is 4.39 Å². The summed E-state index contributed by atoms with van der Waals surface area (Å²) in [6.07, 6.45) is 0.